The van der Waals surface area contributed by atoms with Crippen molar-refractivity contribution in [2.45, 2.75) is 40.4 Å². The van der Waals surface area contributed by atoms with Crippen LogP contribution >= 0.6 is 11.8 Å². The molecule has 0 aliphatic heterocycles. The van der Waals surface area contributed by atoms with Gasteiger partial charge in [0.25, 0.3) is 0 Å². The highest BCUT2D eigenvalue weighted by Crippen LogP contribution is 2.23. The molecule has 0 aliphatic carbocycles. The third kappa shape index (κ3) is 3.91. The molecule has 1 aromatic carbocycles. The molecule has 0 fully saturated rings. The normalized spacial score (nSPS) is 10.8. The van der Waals surface area contributed by atoms with Gasteiger partial charge in [-0.05, 0) is 45.7 Å². The molecule has 22 heavy (non-hydrogen) atoms. The molecule has 2 rings (SSSR count). The number of rotatable bonds is 5. The average molecular weight is 318 g/mol. The minimum Gasteiger partial charge on any atom is -0.361 e. The van der Waals surface area contributed by atoms with E-state index in [1.807, 2.05) is 27.7 Å². The van der Waals surface area contributed by atoms with Gasteiger partial charge >= 0.3 is 0 Å². The Morgan fingerprint density at radius 1 is 1.18 bits per heavy atom. The summed E-state index contributed by atoms with van der Waals surface area (Å²) in [6, 6.07) is 4.17. The zero-order chi connectivity index (χ0) is 16.3. The SMILES string of the molecule is Cc1cc(C)c(NC(=O)CSCc2c(C)noc2C)c(C)c1. The van der Waals surface area contributed by atoms with Gasteiger partial charge in [0.05, 0.1) is 11.4 Å². The summed E-state index contributed by atoms with van der Waals surface area (Å²) in [7, 11) is 0. The molecule has 1 heterocycles. The first kappa shape index (κ1) is 16.6. The van der Waals surface area contributed by atoms with Crippen LogP contribution in [0.5, 0.6) is 0 Å². The molecule has 0 atom stereocenters. The molecule has 0 radical (unpaired) electrons. The van der Waals surface area contributed by atoms with Crippen molar-refractivity contribution in [3.05, 3.63) is 45.8 Å². The summed E-state index contributed by atoms with van der Waals surface area (Å²) >= 11 is 1.57. The minimum absolute atomic E-state index is 0.0202. The smallest absolute Gasteiger partial charge is 0.234 e. The van der Waals surface area contributed by atoms with Crippen molar-refractivity contribution in [1.29, 1.82) is 0 Å². The number of carbonyl (C=O) groups is 1. The second-order valence-corrected chi connectivity index (χ2v) is 6.60. The lowest BCUT2D eigenvalue weighted by Crippen LogP contribution is -2.16. The molecule has 0 saturated heterocycles. The van der Waals surface area contributed by atoms with Gasteiger partial charge in [-0.3, -0.25) is 4.79 Å². The van der Waals surface area contributed by atoms with Crippen molar-refractivity contribution in [1.82, 2.24) is 5.16 Å². The third-order valence-electron chi connectivity index (χ3n) is 3.60. The second-order valence-electron chi connectivity index (χ2n) is 5.62. The number of hydrogen-bond donors (Lipinski definition) is 1. The van der Waals surface area contributed by atoms with Crippen molar-refractivity contribution in [3.63, 3.8) is 0 Å². The van der Waals surface area contributed by atoms with E-state index in [4.69, 9.17) is 4.52 Å². The van der Waals surface area contributed by atoms with Crippen molar-refractivity contribution in [2.75, 3.05) is 11.1 Å². The van der Waals surface area contributed by atoms with Crippen LogP contribution in [0.2, 0.25) is 0 Å². The summed E-state index contributed by atoms with van der Waals surface area (Å²) in [5.41, 5.74) is 6.31. The number of aromatic nitrogens is 1. The summed E-state index contributed by atoms with van der Waals surface area (Å²) in [4.78, 5) is 12.1. The Kier molecular flexibility index (Phi) is 5.29. The van der Waals surface area contributed by atoms with E-state index in [2.05, 4.69) is 29.5 Å². The molecule has 0 unspecified atom stereocenters. The minimum atomic E-state index is 0.0202. The Morgan fingerprint density at radius 2 is 1.82 bits per heavy atom. The van der Waals surface area contributed by atoms with E-state index < -0.39 is 0 Å². The maximum atomic E-state index is 12.1. The number of benzene rings is 1. The predicted molar refractivity (Wildman–Crippen MR) is 91.4 cm³/mol. The molecule has 0 spiro atoms. The monoisotopic (exact) mass is 318 g/mol. The first-order valence-electron chi connectivity index (χ1n) is 7.25. The van der Waals surface area contributed by atoms with Gasteiger partial charge in [-0.25, -0.2) is 0 Å². The molecule has 1 amide bonds. The number of aryl methyl sites for hydroxylation is 5. The van der Waals surface area contributed by atoms with Gasteiger partial charge in [-0.15, -0.1) is 11.8 Å². The van der Waals surface area contributed by atoms with Crippen LogP contribution < -0.4 is 5.32 Å². The molecule has 0 bridgehead atoms. The molecular formula is C17H22N2O2S. The summed E-state index contributed by atoms with van der Waals surface area (Å²) in [6.07, 6.45) is 0. The quantitative estimate of drug-likeness (QED) is 0.902. The van der Waals surface area contributed by atoms with Gasteiger partial charge in [0.1, 0.15) is 5.76 Å². The van der Waals surface area contributed by atoms with Gasteiger partial charge in [0.2, 0.25) is 5.91 Å². The van der Waals surface area contributed by atoms with Crippen LogP contribution in [-0.2, 0) is 10.5 Å². The first-order chi connectivity index (χ1) is 10.4. The van der Waals surface area contributed by atoms with Gasteiger partial charge in [0.15, 0.2) is 0 Å². The molecule has 0 aliphatic rings. The summed E-state index contributed by atoms with van der Waals surface area (Å²) in [5, 5.41) is 6.94. The Hall–Kier alpha value is -1.75. The molecule has 2 aromatic rings. The molecule has 5 heteroatoms. The number of nitrogens with zero attached hydrogens (tertiary/aromatic N) is 1. The number of hydrogen-bond acceptors (Lipinski definition) is 4. The Balaban J connectivity index is 1.91. The van der Waals surface area contributed by atoms with Crippen molar-refractivity contribution in [3.8, 4) is 0 Å². The van der Waals surface area contributed by atoms with Gasteiger partial charge in [-0.2, -0.15) is 0 Å². The predicted octanol–water partition coefficient (Wildman–Crippen LogP) is 4.09. The van der Waals surface area contributed by atoms with Crippen molar-refractivity contribution >= 4 is 23.4 Å². The topological polar surface area (TPSA) is 55.1 Å². The summed E-state index contributed by atoms with van der Waals surface area (Å²) in [5.74, 6) is 2.00. The van der Waals surface area contributed by atoms with E-state index in [1.54, 1.807) is 11.8 Å². The molecule has 4 nitrogen and oxygen atoms in total. The van der Waals surface area contributed by atoms with Gasteiger partial charge < -0.3 is 9.84 Å². The number of thioether (sulfide) groups is 1. The molecule has 1 aromatic heterocycles. The highest BCUT2D eigenvalue weighted by atomic mass is 32.2. The lowest BCUT2D eigenvalue weighted by atomic mass is 10.1. The molecule has 118 valence electrons. The van der Waals surface area contributed by atoms with Crippen LogP contribution in [0, 0.1) is 34.6 Å². The van der Waals surface area contributed by atoms with E-state index in [0.29, 0.717) is 5.75 Å². The number of amides is 1. The third-order valence-corrected chi connectivity index (χ3v) is 4.56. The maximum absolute atomic E-state index is 12.1. The zero-order valence-electron chi connectivity index (χ0n) is 13.7. The first-order valence-corrected chi connectivity index (χ1v) is 8.41. The molecule has 1 N–H and O–H groups in total. The number of nitrogens with one attached hydrogen (secondary N) is 1. The fourth-order valence-corrected chi connectivity index (χ4v) is 3.48. The highest BCUT2D eigenvalue weighted by molar-refractivity contribution is 7.99. The molecule has 0 saturated carbocycles. The molecular weight excluding hydrogens is 296 g/mol. The van der Waals surface area contributed by atoms with Crippen LogP contribution in [0.15, 0.2) is 16.7 Å². The van der Waals surface area contributed by atoms with Crippen molar-refractivity contribution in [2.24, 2.45) is 0 Å². The maximum Gasteiger partial charge on any atom is 0.234 e. The van der Waals surface area contributed by atoms with Crippen molar-refractivity contribution < 1.29 is 9.32 Å². The Bertz CT molecular complexity index is 649. The van der Waals surface area contributed by atoms with Crippen LogP contribution in [0.1, 0.15) is 33.7 Å². The Labute approximate surface area is 135 Å². The lowest BCUT2D eigenvalue weighted by Gasteiger charge is -2.12. The largest absolute Gasteiger partial charge is 0.361 e. The fourth-order valence-electron chi connectivity index (χ4n) is 2.51. The average Bonchev–Trinajstić information content (AvgIpc) is 2.74. The number of anilines is 1. The summed E-state index contributed by atoms with van der Waals surface area (Å²) < 4.78 is 5.13. The van der Waals surface area contributed by atoms with Crippen LogP contribution in [0.3, 0.4) is 0 Å². The van der Waals surface area contributed by atoms with Gasteiger partial charge in [0, 0.05) is 17.0 Å². The van der Waals surface area contributed by atoms with E-state index in [1.165, 1.54) is 5.56 Å². The highest BCUT2D eigenvalue weighted by Gasteiger charge is 2.11. The summed E-state index contributed by atoms with van der Waals surface area (Å²) in [6.45, 7) is 9.92. The lowest BCUT2D eigenvalue weighted by molar-refractivity contribution is -0.113. The Morgan fingerprint density at radius 3 is 2.36 bits per heavy atom. The van der Waals surface area contributed by atoms with E-state index in [9.17, 15) is 4.79 Å². The number of carbonyl (C=O) groups excluding carboxylic acids is 1. The second kappa shape index (κ2) is 7.01. The van der Waals surface area contributed by atoms with Crippen LogP contribution in [-0.4, -0.2) is 16.8 Å². The van der Waals surface area contributed by atoms with E-state index >= 15 is 0 Å². The standard InChI is InChI=1S/C17H22N2O2S/c1-10-6-11(2)17(12(3)7-10)18-16(20)9-22-8-15-13(4)19-21-14(15)5/h6-7H,8-9H2,1-5H3,(H,18,20). The zero-order valence-corrected chi connectivity index (χ0v) is 14.6. The van der Waals surface area contributed by atoms with E-state index in [0.717, 1.165) is 39.6 Å². The van der Waals surface area contributed by atoms with E-state index in [-0.39, 0.29) is 5.91 Å². The van der Waals surface area contributed by atoms with Gasteiger partial charge in [-0.1, -0.05) is 22.9 Å². The van der Waals surface area contributed by atoms with Crippen LogP contribution in [0.25, 0.3) is 0 Å². The van der Waals surface area contributed by atoms with Crippen LogP contribution in [0.4, 0.5) is 5.69 Å². The fraction of sp³-hybridized carbons (Fsp3) is 0.412.